The van der Waals surface area contributed by atoms with Gasteiger partial charge in [-0.3, -0.25) is 0 Å². The number of allylic oxidation sites excluding steroid dienone is 6. The molecular weight excluding hydrogens is 727 g/mol. The van der Waals surface area contributed by atoms with Crippen LogP contribution in [0.1, 0.15) is 97.9 Å². The summed E-state index contributed by atoms with van der Waals surface area (Å²) in [4.78, 5) is 5.09. The van der Waals surface area contributed by atoms with Gasteiger partial charge in [-0.25, -0.2) is 0 Å². The summed E-state index contributed by atoms with van der Waals surface area (Å²) in [6.45, 7) is 27.5. The Morgan fingerprint density at radius 2 is 1.25 bits per heavy atom. The summed E-state index contributed by atoms with van der Waals surface area (Å²) in [7, 11) is 0. The van der Waals surface area contributed by atoms with Crippen LogP contribution in [0.5, 0.6) is 0 Å². The Kier molecular flexibility index (Phi) is 10.4. The maximum absolute atomic E-state index is 10.4. The van der Waals surface area contributed by atoms with E-state index in [9.17, 15) is 5.26 Å². The highest BCUT2D eigenvalue weighted by Crippen LogP contribution is 2.49. The molecule has 0 saturated carbocycles. The number of rotatable bonds is 6. The number of hydrogen-bond acceptors (Lipinski definition) is 3. The molecule has 304 valence electrons. The number of fused-ring (bicyclic) bond motifs is 5. The van der Waals surface area contributed by atoms with Crippen molar-refractivity contribution in [2.75, 3.05) is 9.80 Å². The minimum Gasteiger partial charge on any atom is -0.337 e. The lowest BCUT2D eigenvalue weighted by Gasteiger charge is -2.43. The van der Waals surface area contributed by atoms with Crippen LogP contribution in [-0.4, -0.2) is 6.04 Å². The average Bonchev–Trinajstić information content (AvgIpc) is 3.22. The number of nitrogens with zero attached hydrogens (tertiary/aromatic N) is 3. The summed E-state index contributed by atoms with van der Waals surface area (Å²) in [5, 5.41) is 17.3. The molecule has 0 bridgehead atoms. The minimum atomic E-state index is 0.0350. The van der Waals surface area contributed by atoms with E-state index in [2.05, 4.69) is 214 Å². The van der Waals surface area contributed by atoms with Gasteiger partial charge in [-0.2, -0.15) is 5.26 Å². The summed E-state index contributed by atoms with van der Waals surface area (Å²) < 4.78 is 0. The zero-order chi connectivity index (χ0) is 42.8. The third kappa shape index (κ3) is 7.25. The van der Waals surface area contributed by atoms with Gasteiger partial charge in [-0.1, -0.05) is 139 Å². The van der Waals surface area contributed by atoms with Crippen LogP contribution in [0, 0.1) is 42.4 Å². The van der Waals surface area contributed by atoms with Crippen molar-refractivity contribution in [1.29, 1.82) is 5.26 Å². The molecule has 0 radical (unpaired) electrons. The Morgan fingerprint density at radius 1 is 0.617 bits per heavy atom. The Hall–Kier alpha value is -5.85. The minimum absolute atomic E-state index is 0.0350. The first-order valence-electron chi connectivity index (χ1n) is 21.8. The third-order valence-electron chi connectivity index (χ3n) is 13.7. The number of nitriles is 1. The fraction of sp³-hybridized carbons (Fsp3) is 0.316. The van der Waals surface area contributed by atoms with Crippen LogP contribution in [0.4, 0.5) is 22.7 Å². The van der Waals surface area contributed by atoms with Crippen molar-refractivity contribution < 1.29 is 0 Å². The second-order valence-corrected chi connectivity index (χ2v) is 19.7. The lowest BCUT2D eigenvalue weighted by Crippen LogP contribution is -2.42. The van der Waals surface area contributed by atoms with Gasteiger partial charge in [0.05, 0.1) is 23.4 Å². The average molecular weight is 788 g/mol. The monoisotopic (exact) mass is 787 g/mol. The molecule has 0 amide bonds. The van der Waals surface area contributed by atoms with Crippen molar-refractivity contribution in [2.45, 2.75) is 101 Å². The van der Waals surface area contributed by atoms with E-state index < -0.39 is 0 Å². The van der Waals surface area contributed by atoms with Crippen LogP contribution in [0.15, 0.2) is 144 Å². The summed E-state index contributed by atoms with van der Waals surface area (Å²) in [6, 6.07) is 38.6. The Morgan fingerprint density at radius 3 is 1.90 bits per heavy atom. The van der Waals surface area contributed by atoms with Crippen LogP contribution in [-0.2, 0) is 5.41 Å². The SMILES string of the molecule is CC1=C(C)C(C)C(N(C2=CC=C(C(C)(C)C)CC2C)c2cc3c4cc(C#N)ccc4c(N(c4ccc(C(C)(C)C)cc4)c4ccc(C)c(C)c4)cc3c3ccccc23)C=C1. The predicted octanol–water partition coefficient (Wildman–Crippen LogP) is 16.0. The van der Waals surface area contributed by atoms with Crippen molar-refractivity contribution >= 4 is 55.1 Å². The van der Waals surface area contributed by atoms with Crippen LogP contribution in [0.2, 0.25) is 0 Å². The zero-order valence-corrected chi connectivity index (χ0v) is 37.8. The van der Waals surface area contributed by atoms with Crippen LogP contribution >= 0.6 is 0 Å². The fourth-order valence-corrected chi connectivity index (χ4v) is 9.48. The molecule has 6 aromatic carbocycles. The predicted molar refractivity (Wildman–Crippen MR) is 259 cm³/mol. The van der Waals surface area contributed by atoms with Crippen LogP contribution in [0.25, 0.3) is 32.3 Å². The largest absolute Gasteiger partial charge is 0.337 e. The highest BCUT2D eigenvalue weighted by Gasteiger charge is 2.35. The molecule has 0 aliphatic heterocycles. The molecule has 0 heterocycles. The third-order valence-corrected chi connectivity index (χ3v) is 13.7. The van der Waals surface area contributed by atoms with Crippen molar-refractivity contribution in [2.24, 2.45) is 17.3 Å². The lowest BCUT2D eigenvalue weighted by molar-refractivity contribution is 0.444. The van der Waals surface area contributed by atoms with E-state index in [0.29, 0.717) is 17.4 Å². The highest BCUT2D eigenvalue weighted by molar-refractivity contribution is 6.24. The quantitative estimate of drug-likeness (QED) is 0.158. The first-order valence-corrected chi connectivity index (χ1v) is 21.8. The van der Waals surface area contributed by atoms with Gasteiger partial charge >= 0.3 is 0 Å². The maximum Gasteiger partial charge on any atom is 0.0991 e. The van der Waals surface area contributed by atoms with E-state index in [1.54, 1.807) is 0 Å². The molecule has 0 fully saturated rings. The van der Waals surface area contributed by atoms with Crippen molar-refractivity contribution in [3.8, 4) is 6.07 Å². The van der Waals surface area contributed by atoms with Crippen molar-refractivity contribution in [1.82, 2.24) is 0 Å². The van der Waals surface area contributed by atoms with E-state index in [1.807, 2.05) is 6.07 Å². The molecule has 6 aromatic rings. The maximum atomic E-state index is 10.4. The fourth-order valence-electron chi connectivity index (χ4n) is 9.48. The molecule has 0 saturated heterocycles. The highest BCUT2D eigenvalue weighted by atomic mass is 15.2. The number of benzene rings is 6. The van der Waals surface area contributed by atoms with Crippen LogP contribution in [0.3, 0.4) is 0 Å². The van der Waals surface area contributed by atoms with Gasteiger partial charge in [0.25, 0.3) is 0 Å². The molecule has 2 aliphatic carbocycles. The van der Waals surface area contributed by atoms with E-state index in [4.69, 9.17) is 0 Å². The Bertz CT molecular complexity index is 2840. The molecule has 2 aliphatic rings. The molecule has 0 aromatic heterocycles. The molecule has 60 heavy (non-hydrogen) atoms. The molecule has 0 N–H and O–H groups in total. The van der Waals surface area contributed by atoms with E-state index >= 15 is 0 Å². The van der Waals surface area contributed by atoms with Crippen molar-refractivity contribution in [3.05, 3.63) is 166 Å². The molecular formula is C57H61N3. The first kappa shape index (κ1) is 40.9. The summed E-state index contributed by atoms with van der Waals surface area (Å²) in [6.07, 6.45) is 10.6. The molecule has 3 nitrogen and oxygen atoms in total. The summed E-state index contributed by atoms with van der Waals surface area (Å²) in [5.74, 6) is 0.637. The van der Waals surface area contributed by atoms with Gasteiger partial charge in [0.15, 0.2) is 0 Å². The van der Waals surface area contributed by atoms with Gasteiger partial charge in [-0.15, -0.1) is 0 Å². The van der Waals surface area contributed by atoms with Gasteiger partial charge in [0.1, 0.15) is 0 Å². The second-order valence-electron chi connectivity index (χ2n) is 19.7. The molecule has 8 rings (SSSR count). The number of anilines is 4. The summed E-state index contributed by atoms with van der Waals surface area (Å²) in [5.41, 5.74) is 14.7. The van der Waals surface area contributed by atoms with Crippen molar-refractivity contribution in [3.63, 3.8) is 0 Å². The molecule has 3 atom stereocenters. The van der Waals surface area contributed by atoms with E-state index in [0.717, 1.165) is 39.6 Å². The van der Waals surface area contributed by atoms with E-state index in [-0.39, 0.29) is 16.9 Å². The first-order chi connectivity index (χ1) is 28.5. The van der Waals surface area contributed by atoms with Gasteiger partial charge in [0, 0.05) is 45.4 Å². The molecule has 0 spiro atoms. The number of hydrogen-bond donors (Lipinski definition) is 0. The van der Waals surface area contributed by atoms with Gasteiger partial charge in [0.2, 0.25) is 0 Å². The number of aryl methyl sites for hydroxylation is 2. The second kappa shape index (κ2) is 15.3. The smallest absolute Gasteiger partial charge is 0.0991 e. The normalized spacial score (nSPS) is 18.5. The molecule has 3 heteroatoms. The van der Waals surface area contributed by atoms with Crippen LogP contribution < -0.4 is 9.80 Å². The zero-order valence-electron chi connectivity index (χ0n) is 37.8. The molecule has 3 unspecified atom stereocenters. The van der Waals surface area contributed by atoms with E-state index in [1.165, 1.54) is 61.0 Å². The Balaban J connectivity index is 1.46. The standard InChI is InChI=1S/C57H61N3/c1-35-17-23-45(30-37(35)3)59(44-24-20-42(21-25-44)56(7,8)9)54-32-50-46-15-13-14-16-47(46)55(33-51(50)49-31-41(34-58)19-26-48(49)54)60(53-27-18-36(2)39(5)40(53)6)52-28-22-43(29-38(52)4)57(10,11)12/h13-28,30-33,38,40,53H,29H2,1-12H3. The van der Waals surface area contributed by atoms with Gasteiger partial charge in [-0.05, 0) is 138 Å². The topological polar surface area (TPSA) is 30.3 Å². The van der Waals surface area contributed by atoms with Gasteiger partial charge < -0.3 is 9.80 Å². The Labute approximate surface area is 359 Å². The summed E-state index contributed by atoms with van der Waals surface area (Å²) >= 11 is 0. The lowest BCUT2D eigenvalue weighted by atomic mass is 9.77.